The summed E-state index contributed by atoms with van der Waals surface area (Å²) in [5.74, 6) is -0.502. The van der Waals surface area contributed by atoms with Gasteiger partial charge < -0.3 is 5.32 Å². The quantitative estimate of drug-likeness (QED) is 0.421. The average Bonchev–Trinajstić information content (AvgIpc) is 3.31. The lowest BCUT2D eigenvalue weighted by molar-refractivity contribution is 0.0904. The van der Waals surface area contributed by atoms with E-state index >= 15 is 0 Å². The van der Waals surface area contributed by atoms with Gasteiger partial charge in [0.1, 0.15) is 11.5 Å². The molecule has 1 saturated heterocycles. The van der Waals surface area contributed by atoms with Gasteiger partial charge in [-0.3, -0.25) is 9.69 Å². The number of nitrogens with one attached hydrogen (secondary N) is 1. The number of aromatic nitrogens is 3. The average molecular weight is 486 g/mol. The number of halogens is 1. The molecule has 0 radical (unpaired) electrons. The molecule has 7 heteroatoms. The first-order valence-electron chi connectivity index (χ1n) is 12.5. The highest BCUT2D eigenvalue weighted by atomic mass is 19.1. The predicted octanol–water partition coefficient (Wildman–Crippen LogP) is 5.23. The fourth-order valence-corrected chi connectivity index (χ4v) is 4.62. The van der Waals surface area contributed by atoms with Gasteiger partial charge in [-0.2, -0.15) is 5.10 Å². The second-order valence-corrected chi connectivity index (χ2v) is 10.6. The summed E-state index contributed by atoms with van der Waals surface area (Å²) in [7, 11) is 0. The molecule has 2 aromatic heterocycles. The number of amides is 1. The second kappa shape index (κ2) is 9.82. The van der Waals surface area contributed by atoms with Gasteiger partial charge in [-0.15, -0.1) is 0 Å². The van der Waals surface area contributed by atoms with Gasteiger partial charge in [-0.1, -0.05) is 51.1 Å². The molecule has 1 fully saturated rings. The number of nitrogens with zero attached hydrogens (tertiary/aromatic N) is 4. The molecule has 6 nitrogen and oxygen atoms in total. The van der Waals surface area contributed by atoms with E-state index in [1.807, 2.05) is 12.1 Å². The van der Waals surface area contributed by atoms with Crippen LogP contribution in [0, 0.1) is 5.82 Å². The summed E-state index contributed by atoms with van der Waals surface area (Å²) < 4.78 is 15.3. The topological polar surface area (TPSA) is 62.5 Å². The molecule has 4 aromatic rings. The van der Waals surface area contributed by atoms with Crippen molar-refractivity contribution in [2.45, 2.75) is 51.6 Å². The SMILES string of the molecule is CC(C)(C)c1cc2nc(C(=O)NC3CCN(Cc4ccccc4)CC3)cc(-c3ccc(F)cc3)n2n1. The summed E-state index contributed by atoms with van der Waals surface area (Å²) in [6, 6.07) is 20.5. The molecule has 2 aromatic carbocycles. The third-order valence-electron chi connectivity index (χ3n) is 6.74. The molecule has 0 spiro atoms. The lowest BCUT2D eigenvalue weighted by Crippen LogP contribution is -2.44. The Morgan fingerprint density at radius 1 is 1.03 bits per heavy atom. The Morgan fingerprint density at radius 3 is 2.39 bits per heavy atom. The van der Waals surface area contributed by atoms with Crippen molar-refractivity contribution in [2.75, 3.05) is 13.1 Å². The molecule has 0 saturated carbocycles. The van der Waals surface area contributed by atoms with Gasteiger partial charge in [0, 0.05) is 42.7 Å². The number of rotatable bonds is 5. The van der Waals surface area contributed by atoms with Gasteiger partial charge >= 0.3 is 0 Å². The van der Waals surface area contributed by atoms with Crippen molar-refractivity contribution in [1.82, 2.24) is 24.8 Å². The van der Waals surface area contributed by atoms with Gasteiger partial charge in [0.15, 0.2) is 5.65 Å². The van der Waals surface area contributed by atoms with E-state index in [1.54, 1.807) is 22.7 Å². The smallest absolute Gasteiger partial charge is 0.270 e. The highest BCUT2D eigenvalue weighted by Gasteiger charge is 2.24. The number of fused-ring (bicyclic) bond motifs is 1. The Morgan fingerprint density at radius 2 is 1.72 bits per heavy atom. The van der Waals surface area contributed by atoms with Crippen LogP contribution < -0.4 is 5.32 Å². The fraction of sp³-hybridized carbons (Fsp3) is 0.345. The maximum Gasteiger partial charge on any atom is 0.270 e. The number of likely N-dealkylation sites (tertiary alicyclic amines) is 1. The maximum atomic E-state index is 13.6. The molecule has 5 rings (SSSR count). The minimum Gasteiger partial charge on any atom is -0.348 e. The molecule has 0 bridgehead atoms. The minimum absolute atomic E-state index is 0.104. The van der Waals surface area contributed by atoms with Crippen molar-refractivity contribution in [3.8, 4) is 11.3 Å². The number of hydrogen-bond acceptors (Lipinski definition) is 4. The largest absolute Gasteiger partial charge is 0.348 e. The predicted molar refractivity (Wildman–Crippen MR) is 139 cm³/mol. The Balaban J connectivity index is 1.35. The summed E-state index contributed by atoms with van der Waals surface area (Å²) in [6.45, 7) is 9.06. The summed E-state index contributed by atoms with van der Waals surface area (Å²) in [5, 5.41) is 7.96. The number of carbonyl (C=O) groups excluding carboxylic acids is 1. The van der Waals surface area contributed by atoms with Crippen molar-refractivity contribution in [1.29, 1.82) is 0 Å². The number of carbonyl (C=O) groups is 1. The number of hydrogen-bond donors (Lipinski definition) is 1. The lowest BCUT2D eigenvalue weighted by atomic mass is 9.93. The Bertz CT molecular complexity index is 1350. The van der Waals surface area contributed by atoms with Gasteiger partial charge in [-0.05, 0) is 48.7 Å². The van der Waals surface area contributed by atoms with Crippen LogP contribution in [0.5, 0.6) is 0 Å². The third kappa shape index (κ3) is 5.31. The van der Waals surface area contributed by atoms with Crippen LogP contribution in [0.25, 0.3) is 16.9 Å². The Kier molecular flexibility index (Phi) is 6.58. The first kappa shape index (κ1) is 24.1. The zero-order valence-electron chi connectivity index (χ0n) is 21.0. The van der Waals surface area contributed by atoms with E-state index in [-0.39, 0.29) is 23.2 Å². The van der Waals surface area contributed by atoms with Crippen LogP contribution >= 0.6 is 0 Å². The summed E-state index contributed by atoms with van der Waals surface area (Å²) in [6.07, 6.45) is 1.79. The number of piperidine rings is 1. The molecule has 186 valence electrons. The number of benzene rings is 2. The van der Waals surface area contributed by atoms with Crippen LogP contribution in [0.3, 0.4) is 0 Å². The zero-order valence-corrected chi connectivity index (χ0v) is 21.0. The molecule has 36 heavy (non-hydrogen) atoms. The van der Waals surface area contributed by atoms with Crippen LogP contribution in [-0.2, 0) is 12.0 Å². The monoisotopic (exact) mass is 485 g/mol. The van der Waals surface area contributed by atoms with Crippen molar-refractivity contribution in [3.05, 3.63) is 89.5 Å². The molecular weight excluding hydrogens is 453 g/mol. The Hall–Kier alpha value is -3.58. The van der Waals surface area contributed by atoms with Gasteiger partial charge in [-0.25, -0.2) is 13.9 Å². The van der Waals surface area contributed by atoms with Crippen LogP contribution in [0.15, 0.2) is 66.7 Å². The van der Waals surface area contributed by atoms with Crippen LogP contribution in [0.2, 0.25) is 0 Å². The first-order chi connectivity index (χ1) is 17.3. The third-order valence-corrected chi connectivity index (χ3v) is 6.74. The van der Waals surface area contributed by atoms with Gasteiger partial charge in [0.05, 0.1) is 11.4 Å². The maximum absolute atomic E-state index is 13.6. The molecule has 1 N–H and O–H groups in total. The van der Waals surface area contributed by atoms with Gasteiger partial charge in [0.2, 0.25) is 0 Å². The minimum atomic E-state index is -0.309. The molecule has 0 unspecified atom stereocenters. The Labute approximate surface area is 211 Å². The highest BCUT2D eigenvalue weighted by molar-refractivity contribution is 5.94. The van der Waals surface area contributed by atoms with Crippen molar-refractivity contribution in [2.24, 2.45) is 0 Å². The van der Waals surface area contributed by atoms with E-state index in [0.717, 1.165) is 43.7 Å². The van der Waals surface area contributed by atoms with Crippen LogP contribution in [0.4, 0.5) is 4.39 Å². The van der Waals surface area contributed by atoms with E-state index in [0.29, 0.717) is 17.0 Å². The first-order valence-corrected chi connectivity index (χ1v) is 12.5. The van der Waals surface area contributed by atoms with Gasteiger partial charge in [0.25, 0.3) is 5.91 Å². The van der Waals surface area contributed by atoms with E-state index in [4.69, 9.17) is 5.10 Å². The molecule has 1 aliphatic rings. The van der Waals surface area contributed by atoms with E-state index in [1.165, 1.54) is 17.7 Å². The van der Waals surface area contributed by atoms with Crippen molar-refractivity contribution >= 4 is 11.6 Å². The van der Waals surface area contributed by atoms with Crippen molar-refractivity contribution < 1.29 is 9.18 Å². The fourth-order valence-electron chi connectivity index (χ4n) is 4.62. The standard InChI is InChI=1S/C29H32FN5O/c1-29(2,3)26-18-27-32-24(17-25(35(27)33-26)21-9-11-22(30)12-10-21)28(36)31-23-13-15-34(16-14-23)19-20-7-5-4-6-8-20/h4-12,17-18,23H,13-16,19H2,1-3H3,(H,31,36). The molecule has 0 atom stereocenters. The van der Waals surface area contributed by atoms with E-state index in [9.17, 15) is 9.18 Å². The van der Waals surface area contributed by atoms with Crippen LogP contribution in [0.1, 0.15) is 55.4 Å². The van der Waals surface area contributed by atoms with E-state index < -0.39 is 0 Å². The zero-order chi connectivity index (χ0) is 25.3. The second-order valence-electron chi connectivity index (χ2n) is 10.6. The molecule has 3 heterocycles. The molecule has 1 amide bonds. The highest BCUT2D eigenvalue weighted by Crippen LogP contribution is 2.27. The molecular formula is C29H32FN5O. The summed E-state index contributed by atoms with van der Waals surface area (Å²) >= 11 is 0. The van der Waals surface area contributed by atoms with Crippen molar-refractivity contribution in [3.63, 3.8) is 0 Å². The molecule has 0 aliphatic carbocycles. The summed E-state index contributed by atoms with van der Waals surface area (Å²) in [5.41, 5.74) is 4.43. The van der Waals surface area contributed by atoms with E-state index in [2.05, 4.69) is 60.2 Å². The normalized spacial score (nSPS) is 15.3. The lowest BCUT2D eigenvalue weighted by Gasteiger charge is -2.32. The van der Waals surface area contributed by atoms with Crippen LogP contribution in [-0.4, -0.2) is 44.5 Å². The summed E-state index contributed by atoms with van der Waals surface area (Å²) in [4.78, 5) is 20.4. The molecule has 1 aliphatic heterocycles.